The summed E-state index contributed by atoms with van der Waals surface area (Å²) in [6.07, 6.45) is 0.839. The van der Waals surface area contributed by atoms with Crippen molar-refractivity contribution in [2.75, 3.05) is 6.61 Å². The minimum atomic E-state index is -1.07. The van der Waals surface area contributed by atoms with Gasteiger partial charge in [0.25, 0.3) is 0 Å². The molecule has 0 bridgehead atoms. The largest absolute Gasteiger partial charge is 0.598 e. The van der Waals surface area contributed by atoms with Crippen molar-refractivity contribution in [1.82, 2.24) is 4.72 Å². The SMILES string of the molecule is CC(C)(C)[S+]([O-])N[C@H]1CCOc2ccc(Br)cc21. The molecule has 0 fully saturated rings. The Bertz CT molecular complexity index is 433. The van der Waals surface area contributed by atoms with Gasteiger partial charge in [-0.3, -0.25) is 0 Å². The zero-order valence-corrected chi connectivity index (χ0v) is 13.2. The molecule has 0 saturated heterocycles. The molecule has 1 heterocycles. The van der Waals surface area contributed by atoms with Crippen LogP contribution in [0.25, 0.3) is 0 Å². The van der Waals surface area contributed by atoms with E-state index in [1.165, 1.54) is 0 Å². The Hall–Kier alpha value is -0.230. The number of hydrogen-bond acceptors (Lipinski definition) is 3. The Morgan fingerprint density at radius 2 is 2.17 bits per heavy atom. The normalized spacial score (nSPS) is 21.1. The Kier molecular flexibility index (Phi) is 4.26. The van der Waals surface area contributed by atoms with E-state index in [0.29, 0.717) is 6.61 Å². The fraction of sp³-hybridized carbons (Fsp3) is 0.538. The predicted molar refractivity (Wildman–Crippen MR) is 78.0 cm³/mol. The standard InChI is InChI=1S/C13H18BrNO2S/c1-13(2,3)18(16)15-11-6-7-17-12-5-4-9(14)8-10(11)12/h4-5,8,11,15H,6-7H2,1-3H3/t11-,18?/m0/s1. The highest BCUT2D eigenvalue weighted by Gasteiger charge is 2.32. The summed E-state index contributed by atoms with van der Waals surface area (Å²) in [5.41, 5.74) is 1.08. The average Bonchev–Trinajstić information content (AvgIpc) is 2.28. The van der Waals surface area contributed by atoms with E-state index in [1.807, 2.05) is 39.0 Å². The van der Waals surface area contributed by atoms with E-state index in [4.69, 9.17) is 4.74 Å². The van der Waals surface area contributed by atoms with Gasteiger partial charge in [0.05, 0.1) is 12.6 Å². The van der Waals surface area contributed by atoms with Gasteiger partial charge in [-0.15, -0.1) is 4.72 Å². The highest BCUT2D eigenvalue weighted by molar-refractivity contribution is 9.10. The number of benzene rings is 1. The molecule has 100 valence electrons. The molecular formula is C13H18BrNO2S. The molecular weight excluding hydrogens is 314 g/mol. The minimum Gasteiger partial charge on any atom is -0.598 e. The number of fused-ring (bicyclic) bond motifs is 1. The van der Waals surface area contributed by atoms with E-state index in [2.05, 4.69) is 20.7 Å². The van der Waals surface area contributed by atoms with Gasteiger partial charge in [0.1, 0.15) is 10.5 Å². The van der Waals surface area contributed by atoms with Crippen LogP contribution < -0.4 is 9.46 Å². The first-order valence-electron chi connectivity index (χ1n) is 5.98. The van der Waals surface area contributed by atoms with Crippen molar-refractivity contribution in [3.8, 4) is 5.75 Å². The Balaban J connectivity index is 2.20. The van der Waals surface area contributed by atoms with Crippen LogP contribution in [0.15, 0.2) is 22.7 Å². The van der Waals surface area contributed by atoms with E-state index < -0.39 is 11.4 Å². The highest BCUT2D eigenvalue weighted by atomic mass is 79.9. The van der Waals surface area contributed by atoms with Gasteiger partial charge in [-0.2, -0.15) is 0 Å². The zero-order valence-electron chi connectivity index (χ0n) is 10.8. The van der Waals surface area contributed by atoms with E-state index in [-0.39, 0.29) is 10.8 Å². The molecule has 1 aliphatic heterocycles. The summed E-state index contributed by atoms with van der Waals surface area (Å²) in [7, 11) is 0. The maximum absolute atomic E-state index is 12.2. The summed E-state index contributed by atoms with van der Waals surface area (Å²) in [4.78, 5) is 0. The van der Waals surface area contributed by atoms with Crippen LogP contribution >= 0.6 is 15.9 Å². The monoisotopic (exact) mass is 331 g/mol. The quantitative estimate of drug-likeness (QED) is 0.845. The number of rotatable bonds is 2. The van der Waals surface area contributed by atoms with Crippen LogP contribution in [0.5, 0.6) is 5.75 Å². The first-order chi connectivity index (χ1) is 8.38. The molecule has 0 aromatic heterocycles. The van der Waals surface area contributed by atoms with Gasteiger partial charge in [-0.05, 0) is 39.0 Å². The lowest BCUT2D eigenvalue weighted by Crippen LogP contribution is -2.42. The molecule has 1 aliphatic rings. The Labute approximate surface area is 120 Å². The molecule has 0 aliphatic carbocycles. The molecule has 1 N–H and O–H groups in total. The van der Waals surface area contributed by atoms with E-state index >= 15 is 0 Å². The molecule has 5 heteroatoms. The van der Waals surface area contributed by atoms with Crippen LogP contribution in [0, 0.1) is 0 Å². The molecule has 1 aromatic carbocycles. The zero-order chi connectivity index (χ0) is 13.3. The first kappa shape index (κ1) is 14.2. The van der Waals surface area contributed by atoms with Gasteiger partial charge in [-0.25, -0.2) is 0 Å². The fourth-order valence-electron chi connectivity index (χ4n) is 1.79. The van der Waals surface area contributed by atoms with Gasteiger partial charge in [0, 0.05) is 27.8 Å². The third kappa shape index (κ3) is 3.20. The van der Waals surface area contributed by atoms with Crippen molar-refractivity contribution in [2.24, 2.45) is 0 Å². The van der Waals surface area contributed by atoms with Gasteiger partial charge >= 0.3 is 0 Å². The van der Waals surface area contributed by atoms with E-state index in [9.17, 15) is 4.55 Å². The molecule has 3 nitrogen and oxygen atoms in total. The fourth-order valence-corrected chi connectivity index (χ4v) is 3.03. The number of hydrogen-bond donors (Lipinski definition) is 1. The second-order valence-corrected chi connectivity index (χ2v) is 8.28. The predicted octanol–water partition coefficient (Wildman–Crippen LogP) is 3.32. The maximum Gasteiger partial charge on any atom is 0.136 e. The molecule has 0 saturated carbocycles. The van der Waals surface area contributed by atoms with Crippen LogP contribution in [-0.2, 0) is 11.4 Å². The topological polar surface area (TPSA) is 44.3 Å². The van der Waals surface area contributed by atoms with E-state index in [1.54, 1.807) is 0 Å². The Morgan fingerprint density at radius 3 is 2.83 bits per heavy atom. The summed E-state index contributed by atoms with van der Waals surface area (Å²) < 4.78 is 21.8. The molecule has 0 amide bonds. The van der Waals surface area contributed by atoms with Crippen molar-refractivity contribution in [2.45, 2.75) is 38.0 Å². The summed E-state index contributed by atoms with van der Waals surface area (Å²) in [5, 5.41) is 0. The van der Waals surface area contributed by atoms with Crippen LogP contribution in [0.1, 0.15) is 38.8 Å². The van der Waals surface area contributed by atoms with Crippen molar-refractivity contribution >= 4 is 27.3 Å². The molecule has 18 heavy (non-hydrogen) atoms. The highest BCUT2D eigenvalue weighted by Crippen LogP contribution is 2.35. The molecule has 0 spiro atoms. The molecule has 2 atom stereocenters. The maximum atomic E-state index is 12.2. The molecule has 1 unspecified atom stereocenters. The third-order valence-corrected chi connectivity index (χ3v) is 4.92. The van der Waals surface area contributed by atoms with Crippen LogP contribution in [0.4, 0.5) is 0 Å². The van der Waals surface area contributed by atoms with Crippen LogP contribution in [0.2, 0.25) is 0 Å². The van der Waals surface area contributed by atoms with Crippen molar-refractivity contribution in [3.63, 3.8) is 0 Å². The second kappa shape index (κ2) is 5.41. The summed E-state index contributed by atoms with van der Waals surface area (Å²) in [6, 6.07) is 6.03. The average molecular weight is 332 g/mol. The van der Waals surface area contributed by atoms with Gasteiger partial charge in [0.2, 0.25) is 0 Å². The second-order valence-electron chi connectivity index (χ2n) is 5.37. The van der Waals surface area contributed by atoms with Crippen LogP contribution in [-0.4, -0.2) is 15.9 Å². The minimum absolute atomic E-state index is 0.0892. The Morgan fingerprint density at radius 1 is 1.44 bits per heavy atom. The molecule has 2 rings (SSSR count). The van der Waals surface area contributed by atoms with Crippen molar-refractivity contribution in [1.29, 1.82) is 0 Å². The number of halogens is 1. The van der Waals surface area contributed by atoms with Crippen molar-refractivity contribution in [3.05, 3.63) is 28.2 Å². The summed E-state index contributed by atoms with van der Waals surface area (Å²) >= 11 is 2.39. The van der Waals surface area contributed by atoms with Gasteiger partial charge < -0.3 is 9.29 Å². The number of nitrogens with one attached hydrogen (secondary N) is 1. The molecule has 0 radical (unpaired) electrons. The van der Waals surface area contributed by atoms with Gasteiger partial charge in [0.15, 0.2) is 0 Å². The van der Waals surface area contributed by atoms with Gasteiger partial charge in [-0.1, -0.05) is 15.9 Å². The lowest BCUT2D eigenvalue weighted by atomic mass is 10.0. The lowest BCUT2D eigenvalue weighted by molar-refractivity contribution is 0.262. The van der Waals surface area contributed by atoms with Crippen molar-refractivity contribution < 1.29 is 9.29 Å². The first-order valence-corrected chi connectivity index (χ1v) is 7.92. The van der Waals surface area contributed by atoms with Crippen LogP contribution in [0.3, 0.4) is 0 Å². The smallest absolute Gasteiger partial charge is 0.136 e. The number of ether oxygens (including phenoxy) is 1. The summed E-state index contributed by atoms with van der Waals surface area (Å²) in [5.74, 6) is 0.882. The third-order valence-electron chi connectivity index (χ3n) is 2.82. The molecule has 1 aromatic rings. The summed E-state index contributed by atoms with van der Waals surface area (Å²) in [6.45, 7) is 6.57. The van der Waals surface area contributed by atoms with E-state index in [0.717, 1.165) is 22.2 Å². The lowest BCUT2D eigenvalue weighted by Gasteiger charge is -2.31.